The van der Waals surface area contributed by atoms with E-state index in [4.69, 9.17) is 13.8 Å². The molecule has 0 bridgehead atoms. The maximum Gasteiger partial charge on any atom is 0.227 e. The lowest BCUT2D eigenvalue weighted by Gasteiger charge is -2.26. The summed E-state index contributed by atoms with van der Waals surface area (Å²) in [4.78, 5) is 7.14. The fraction of sp³-hybridized carbons (Fsp3) is 0. The van der Waals surface area contributed by atoms with Gasteiger partial charge in [-0.05, 0) is 99.3 Å². The minimum absolute atomic E-state index is 0.602. The lowest BCUT2D eigenvalue weighted by Crippen LogP contribution is -2.10. The summed E-state index contributed by atoms with van der Waals surface area (Å²) in [6.07, 6.45) is 0. The largest absolute Gasteiger partial charge is 0.455 e. The van der Waals surface area contributed by atoms with Gasteiger partial charge in [-0.15, -0.1) is 0 Å². The zero-order valence-electron chi connectivity index (χ0n) is 30.8. The summed E-state index contributed by atoms with van der Waals surface area (Å²) in [5.41, 5.74) is 14.1. The summed E-state index contributed by atoms with van der Waals surface area (Å²) < 4.78 is 12.8. The topological polar surface area (TPSA) is 42.4 Å². The van der Waals surface area contributed by atoms with E-state index in [1.54, 1.807) is 0 Å². The first-order valence-corrected chi connectivity index (χ1v) is 19.2. The van der Waals surface area contributed by atoms with E-state index in [0.717, 1.165) is 66.8 Å². The van der Waals surface area contributed by atoms with E-state index in [1.807, 2.05) is 36.4 Å². The maximum absolute atomic E-state index is 6.61. The fourth-order valence-electron chi connectivity index (χ4n) is 8.01. The van der Waals surface area contributed by atoms with Gasteiger partial charge < -0.3 is 13.7 Å². The van der Waals surface area contributed by atoms with Crippen molar-refractivity contribution in [2.45, 2.75) is 0 Å². The van der Waals surface area contributed by atoms with Crippen molar-refractivity contribution in [2.75, 3.05) is 4.90 Å². The molecule has 0 aliphatic heterocycles. The predicted octanol–water partition coefficient (Wildman–Crippen LogP) is 15.0. The van der Waals surface area contributed by atoms with E-state index in [2.05, 4.69) is 175 Å². The molecule has 4 heteroatoms. The molecule has 57 heavy (non-hydrogen) atoms. The van der Waals surface area contributed by atoms with Gasteiger partial charge in [0.05, 0.1) is 0 Å². The van der Waals surface area contributed by atoms with Crippen LogP contribution in [0.2, 0.25) is 0 Å². The smallest absolute Gasteiger partial charge is 0.227 e. The van der Waals surface area contributed by atoms with Gasteiger partial charge in [0, 0.05) is 45.0 Å². The molecule has 0 N–H and O–H groups in total. The number of oxazole rings is 1. The van der Waals surface area contributed by atoms with Crippen LogP contribution < -0.4 is 4.90 Å². The van der Waals surface area contributed by atoms with Crippen molar-refractivity contribution in [1.29, 1.82) is 0 Å². The summed E-state index contributed by atoms with van der Waals surface area (Å²) in [5, 5.41) is 4.54. The van der Waals surface area contributed by atoms with Crippen LogP contribution in [0.25, 0.3) is 88.6 Å². The molecule has 0 unspecified atom stereocenters. The normalized spacial score (nSPS) is 11.5. The zero-order valence-corrected chi connectivity index (χ0v) is 30.8. The number of para-hydroxylation sites is 1. The second-order valence-corrected chi connectivity index (χ2v) is 14.4. The summed E-state index contributed by atoms with van der Waals surface area (Å²) in [7, 11) is 0. The Bertz CT molecular complexity index is 3220. The highest BCUT2D eigenvalue weighted by Crippen LogP contribution is 2.41. The minimum Gasteiger partial charge on any atom is -0.455 e. The van der Waals surface area contributed by atoms with Crippen molar-refractivity contribution in [1.82, 2.24) is 4.98 Å². The van der Waals surface area contributed by atoms with Crippen molar-refractivity contribution in [3.8, 4) is 44.8 Å². The number of rotatable bonds is 7. The lowest BCUT2D eigenvalue weighted by atomic mass is 10.00. The lowest BCUT2D eigenvalue weighted by molar-refractivity contribution is 0.617. The summed E-state index contributed by atoms with van der Waals surface area (Å²) in [6.45, 7) is 0. The number of furan rings is 1. The predicted molar refractivity (Wildman–Crippen MR) is 235 cm³/mol. The molecule has 9 aromatic carbocycles. The van der Waals surface area contributed by atoms with E-state index in [0.29, 0.717) is 11.5 Å². The highest BCUT2D eigenvalue weighted by molar-refractivity contribution is 6.12. The van der Waals surface area contributed by atoms with Crippen molar-refractivity contribution in [3.63, 3.8) is 0 Å². The Morgan fingerprint density at radius 1 is 0.351 bits per heavy atom. The Kier molecular flexibility index (Phi) is 7.78. The van der Waals surface area contributed by atoms with Gasteiger partial charge in [-0.1, -0.05) is 140 Å². The van der Waals surface area contributed by atoms with Crippen molar-refractivity contribution in [2.24, 2.45) is 0 Å². The number of aromatic nitrogens is 1. The Hall–Kier alpha value is -7.69. The van der Waals surface area contributed by atoms with E-state index in [9.17, 15) is 0 Å². The number of benzene rings is 9. The Labute approximate surface area is 329 Å². The maximum atomic E-state index is 6.61. The van der Waals surface area contributed by atoms with Crippen molar-refractivity contribution < 1.29 is 8.83 Å². The molecule has 2 aromatic heterocycles. The molecule has 0 aliphatic rings. The van der Waals surface area contributed by atoms with Crippen molar-refractivity contribution in [3.05, 3.63) is 206 Å². The van der Waals surface area contributed by atoms with Gasteiger partial charge >= 0.3 is 0 Å². The van der Waals surface area contributed by atoms with Crippen LogP contribution in [0.4, 0.5) is 17.1 Å². The van der Waals surface area contributed by atoms with Gasteiger partial charge in [-0.3, -0.25) is 0 Å². The first-order chi connectivity index (χ1) is 28.2. The third-order valence-electron chi connectivity index (χ3n) is 10.9. The first-order valence-electron chi connectivity index (χ1n) is 19.2. The SMILES string of the molecule is c1ccc(-c2cccc(N(c3ccc(-c4ccc5ccccc5c4)cc3)c3ccc(-c4cccc5c4oc4cc6oc(-c7ccccc7)nc6cc45)cc3)c2)cc1. The molecule has 0 radical (unpaired) electrons. The molecular weight excluding hydrogens is 697 g/mol. The van der Waals surface area contributed by atoms with Crippen LogP contribution in [0.15, 0.2) is 215 Å². The first kappa shape index (κ1) is 32.7. The monoisotopic (exact) mass is 730 g/mol. The number of hydrogen-bond donors (Lipinski definition) is 0. The number of hydrogen-bond acceptors (Lipinski definition) is 4. The highest BCUT2D eigenvalue weighted by atomic mass is 16.4. The van der Waals surface area contributed by atoms with E-state index in [-0.39, 0.29) is 0 Å². The Morgan fingerprint density at radius 2 is 0.965 bits per heavy atom. The Morgan fingerprint density at radius 3 is 1.74 bits per heavy atom. The van der Waals surface area contributed by atoms with Gasteiger partial charge in [0.1, 0.15) is 16.7 Å². The second-order valence-electron chi connectivity index (χ2n) is 14.4. The fourth-order valence-corrected chi connectivity index (χ4v) is 8.01. The molecule has 0 aliphatic carbocycles. The molecule has 0 atom stereocenters. The van der Waals surface area contributed by atoms with E-state index < -0.39 is 0 Å². The zero-order chi connectivity index (χ0) is 37.7. The summed E-state index contributed by atoms with van der Waals surface area (Å²) in [6, 6.07) is 72.5. The van der Waals surface area contributed by atoms with Crippen LogP contribution in [0.3, 0.4) is 0 Å². The third kappa shape index (κ3) is 5.92. The molecule has 0 saturated heterocycles. The number of fused-ring (bicyclic) bond motifs is 5. The average molecular weight is 731 g/mol. The molecule has 0 fully saturated rings. The molecule has 268 valence electrons. The van der Waals surface area contributed by atoms with Crippen LogP contribution >= 0.6 is 0 Å². The number of nitrogens with zero attached hydrogens (tertiary/aromatic N) is 2. The molecule has 0 amide bonds. The van der Waals surface area contributed by atoms with Crippen molar-refractivity contribution >= 4 is 60.9 Å². The van der Waals surface area contributed by atoms with Crippen LogP contribution in [0.1, 0.15) is 0 Å². The van der Waals surface area contributed by atoms with Crippen LogP contribution in [-0.2, 0) is 0 Å². The molecule has 11 aromatic rings. The van der Waals surface area contributed by atoms with Crippen LogP contribution in [0.5, 0.6) is 0 Å². The van der Waals surface area contributed by atoms with Crippen LogP contribution in [0, 0.1) is 0 Å². The Balaban J connectivity index is 0.974. The van der Waals surface area contributed by atoms with Crippen LogP contribution in [-0.4, -0.2) is 4.98 Å². The average Bonchev–Trinajstić information content (AvgIpc) is 3.87. The number of anilines is 3. The standard InChI is InChI=1S/C53H34N2O2/c1-3-11-35(12-4-1)41-17-9-18-45(32-41)55(43-27-23-37(24-28-43)42-22-21-36-13-7-8-16-40(36)31-42)44-29-25-38(26-30-44)46-19-10-20-47-48-33-49-51(34-50(48)56-52(46)47)57-53(54-49)39-14-5-2-6-15-39/h1-34H. The summed E-state index contributed by atoms with van der Waals surface area (Å²) in [5.74, 6) is 0.602. The molecule has 0 spiro atoms. The van der Waals surface area contributed by atoms with Gasteiger partial charge in [0.15, 0.2) is 5.58 Å². The van der Waals surface area contributed by atoms with E-state index in [1.165, 1.54) is 27.5 Å². The van der Waals surface area contributed by atoms with Gasteiger partial charge in [0.25, 0.3) is 0 Å². The third-order valence-corrected chi connectivity index (χ3v) is 10.9. The molecule has 2 heterocycles. The van der Waals surface area contributed by atoms with Gasteiger partial charge in [-0.25, -0.2) is 4.98 Å². The highest BCUT2D eigenvalue weighted by Gasteiger charge is 2.18. The molecule has 4 nitrogen and oxygen atoms in total. The van der Waals surface area contributed by atoms with Gasteiger partial charge in [0.2, 0.25) is 5.89 Å². The summed E-state index contributed by atoms with van der Waals surface area (Å²) >= 11 is 0. The minimum atomic E-state index is 0.602. The molecule has 11 rings (SSSR count). The van der Waals surface area contributed by atoms with Gasteiger partial charge in [-0.2, -0.15) is 0 Å². The molecular formula is C53H34N2O2. The quantitative estimate of drug-likeness (QED) is 0.164. The molecule has 0 saturated carbocycles. The second kappa shape index (κ2) is 13.6. The van der Waals surface area contributed by atoms with E-state index >= 15 is 0 Å².